The van der Waals surface area contributed by atoms with Crippen molar-refractivity contribution in [3.8, 4) is 5.75 Å². The van der Waals surface area contributed by atoms with Gasteiger partial charge in [-0.15, -0.1) is 0 Å². The van der Waals surface area contributed by atoms with E-state index in [9.17, 15) is 14.4 Å². The van der Waals surface area contributed by atoms with E-state index in [1.165, 1.54) is 4.90 Å². The van der Waals surface area contributed by atoms with Gasteiger partial charge in [0.2, 0.25) is 11.8 Å². The summed E-state index contributed by atoms with van der Waals surface area (Å²) >= 11 is 0. The Kier molecular flexibility index (Phi) is 5.61. The van der Waals surface area contributed by atoms with Crippen molar-refractivity contribution in [3.05, 3.63) is 65.9 Å². The van der Waals surface area contributed by atoms with Crippen LogP contribution in [0, 0.1) is 0 Å². The van der Waals surface area contributed by atoms with Crippen molar-refractivity contribution >= 4 is 28.6 Å². The molecule has 8 heteroatoms. The number of nitrogens with one attached hydrogen (secondary N) is 2. The van der Waals surface area contributed by atoms with Crippen molar-refractivity contribution in [3.63, 3.8) is 0 Å². The van der Waals surface area contributed by atoms with Crippen LogP contribution >= 0.6 is 0 Å². The number of rotatable bonds is 6. The average molecular weight is 434 g/mol. The molecule has 1 aliphatic rings. The second-order valence-corrected chi connectivity index (χ2v) is 8.12. The normalized spacial score (nSPS) is 17.7. The fraction of sp³-hybridized carbons (Fsp3) is 0.292. The third kappa shape index (κ3) is 3.79. The monoisotopic (exact) mass is 434 g/mol. The molecule has 8 nitrogen and oxygen atoms in total. The maximum absolute atomic E-state index is 13.1. The van der Waals surface area contributed by atoms with Crippen LogP contribution in [0.4, 0.5) is 0 Å². The summed E-state index contributed by atoms with van der Waals surface area (Å²) in [6.07, 6.45) is 0. The van der Waals surface area contributed by atoms with Crippen molar-refractivity contribution in [2.75, 3.05) is 20.7 Å². The van der Waals surface area contributed by atoms with Crippen LogP contribution in [-0.2, 0) is 22.7 Å². The number of hydrogen-bond acceptors (Lipinski definition) is 4. The minimum absolute atomic E-state index is 0.181. The highest BCUT2D eigenvalue weighted by atomic mass is 16.5. The number of para-hydroxylation sites is 1. The quantitative estimate of drug-likeness (QED) is 0.620. The number of likely N-dealkylation sites (N-methyl/N-ethyl adjacent to an activating group) is 1. The SMILES string of the molecule is COc1cccc(CNC(=O)CNC(=O)[C@]2(C)Cn3c(cc4ccccc43)C(=O)N2C)c1. The second kappa shape index (κ2) is 8.37. The third-order valence-electron chi connectivity index (χ3n) is 6.06. The highest BCUT2D eigenvalue weighted by Crippen LogP contribution is 2.31. The summed E-state index contributed by atoms with van der Waals surface area (Å²) in [4.78, 5) is 39.8. The van der Waals surface area contributed by atoms with Gasteiger partial charge in [0.1, 0.15) is 17.0 Å². The Morgan fingerprint density at radius 3 is 2.66 bits per heavy atom. The van der Waals surface area contributed by atoms with Gasteiger partial charge >= 0.3 is 0 Å². The largest absolute Gasteiger partial charge is 0.497 e. The molecule has 3 aromatic rings. The Labute approximate surface area is 186 Å². The Hall–Kier alpha value is -3.81. The van der Waals surface area contributed by atoms with Gasteiger partial charge in [-0.05, 0) is 36.8 Å². The van der Waals surface area contributed by atoms with Crippen LogP contribution in [0.1, 0.15) is 23.0 Å². The number of aromatic nitrogens is 1. The van der Waals surface area contributed by atoms with Crippen LogP contribution in [0.5, 0.6) is 5.75 Å². The summed E-state index contributed by atoms with van der Waals surface area (Å²) in [5.41, 5.74) is 1.22. The van der Waals surface area contributed by atoms with Crippen LogP contribution in [-0.4, -0.2) is 53.4 Å². The molecule has 1 atom stereocenters. The predicted molar refractivity (Wildman–Crippen MR) is 120 cm³/mol. The zero-order chi connectivity index (χ0) is 22.9. The summed E-state index contributed by atoms with van der Waals surface area (Å²) in [7, 11) is 3.20. The zero-order valence-electron chi connectivity index (χ0n) is 18.3. The summed E-state index contributed by atoms with van der Waals surface area (Å²) in [6, 6.07) is 16.9. The lowest BCUT2D eigenvalue weighted by Crippen LogP contribution is -2.63. The molecule has 0 aliphatic carbocycles. The summed E-state index contributed by atoms with van der Waals surface area (Å²) in [5, 5.41) is 6.42. The highest BCUT2D eigenvalue weighted by molar-refractivity contribution is 6.03. The number of amides is 3. The van der Waals surface area contributed by atoms with E-state index >= 15 is 0 Å². The molecule has 0 unspecified atom stereocenters. The number of fused-ring (bicyclic) bond motifs is 3. The molecule has 0 spiro atoms. The molecule has 166 valence electrons. The molecule has 1 aliphatic heterocycles. The van der Waals surface area contributed by atoms with Gasteiger partial charge < -0.3 is 24.8 Å². The molecule has 2 N–H and O–H groups in total. The van der Waals surface area contributed by atoms with E-state index in [4.69, 9.17) is 4.74 Å². The van der Waals surface area contributed by atoms with Gasteiger partial charge in [-0.25, -0.2) is 0 Å². The number of benzene rings is 2. The number of methoxy groups -OCH3 is 1. The van der Waals surface area contributed by atoms with Crippen molar-refractivity contribution < 1.29 is 19.1 Å². The first-order valence-electron chi connectivity index (χ1n) is 10.4. The first kappa shape index (κ1) is 21.4. The van der Waals surface area contributed by atoms with Gasteiger partial charge in [0.25, 0.3) is 5.91 Å². The Morgan fingerprint density at radius 2 is 1.88 bits per heavy atom. The number of carbonyl (C=O) groups is 3. The fourth-order valence-corrected chi connectivity index (χ4v) is 3.99. The topological polar surface area (TPSA) is 92.7 Å². The summed E-state index contributed by atoms with van der Waals surface area (Å²) in [6.45, 7) is 2.15. The van der Waals surface area contributed by atoms with Crippen molar-refractivity contribution in [2.24, 2.45) is 0 Å². The van der Waals surface area contributed by atoms with E-state index in [-0.39, 0.29) is 24.3 Å². The summed E-state index contributed by atoms with van der Waals surface area (Å²) < 4.78 is 7.05. The number of hydrogen-bond donors (Lipinski definition) is 2. The Balaban J connectivity index is 1.42. The van der Waals surface area contributed by atoms with Crippen LogP contribution in [0.25, 0.3) is 10.9 Å². The smallest absolute Gasteiger partial charge is 0.271 e. The van der Waals surface area contributed by atoms with E-state index in [0.29, 0.717) is 24.5 Å². The number of nitrogens with zero attached hydrogens (tertiary/aromatic N) is 2. The maximum atomic E-state index is 13.1. The van der Waals surface area contributed by atoms with Gasteiger partial charge in [-0.3, -0.25) is 14.4 Å². The maximum Gasteiger partial charge on any atom is 0.271 e. The molecule has 2 aromatic carbocycles. The van der Waals surface area contributed by atoms with Crippen molar-refractivity contribution in [1.82, 2.24) is 20.1 Å². The predicted octanol–water partition coefficient (Wildman–Crippen LogP) is 1.93. The van der Waals surface area contributed by atoms with Gasteiger partial charge in [-0.2, -0.15) is 0 Å². The zero-order valence-corrected chi connectivity index (χ0v) is 18.3. The average Bonchev–Trinajstić information content (AvgIpc) is 3.18. The van der Waals surface area contributed by atoms with Gasteiger partial charge in [0.15, 0.2) is 0 Å². The Bertz CT molecular complexity index is 1200. The first-order valence-corrected chi connectivity index (χ1v) is 10.4. The molecule has 32 heavy (non-hydrogen) atoms. The van der Waals surface area contributed by atoms with Gasteiger partial charge in [-0.1, -0.05) is 30.3 Å². The minimum atomic E-state index is -1.13. The molecule has 0 fully saturated rings. The Morgan fingerprint density at radius 1 is 1.09 bits per heavy atom. The van der Waals surface area contributed by atoms with Crippen LogP contribution in [0.15, 0.2) is 54.6 Å². The van der Waals surface area contributed by atoms with Gasteiger partial charge in [0, 0.05) is 24.5 Å². The van der Waals surface area contributed by atoms with Crippen LogP contribution in [0.2, 0.25) is 0 Å². The molecule has 3 amide bonds. The van der Waals surface area contributed by atoms with E-state index in [2.05, 4.69) is 10.6 Å². The molecule has 0 radical (unpaired) electrons. The van der Waals surface area contributed by atoms with E-state index in [1.807, 2.05) is 59.2 Å². The van der Waals surface area contributed by atoms with E-state index < -0.39 is 5.54 Å². The van der Waals surface area contributed by atoms with Crippen molar-refractivity contribution in [1.29, 1.82) is 0 Å². The van der Waals surface area contributed by atoms with Crippen LogP contribution in [0.3, 0.4) is 0 Å². The molecular weight excluding hydrogens is 408 g/mol. The van der Waals surface area contributed by atoms with E-state index in [1.54, 1.807) is 21.1 Å². The summed E-state index contributed by atoms with van der Waals surface area (Å²) in [5.74, 6) is -0.220. The van der Waals surface area contributed by atoms with Crippen LogP contribution < -0.4 is 15.4 Å². The molecule has 0 bridgehead atoms. The molecule has 2 heterocycles. The first-order chi connectivity index (χ1) is 15.3. The second-order valence-electron chi connectivity index (χ2n) is 8.12. The lowest BCUT2D eigenvalue weighted by Gasteiger charge is -2.41. The molecular formula is C24H26N4O4. The lowest BCUT2D eigenvalue weighted by molar-refractivity contribution is -0.134. The number of carbonyl (C=O) groups excluding carboxylic acids is 3. The fourth-order valence-electron chi connectivity index (χ4n) is 3.99. The molecule has 1 aromatic heterocycles. The highest BCUT2D eigenvalue weighted by Gasteiger charge is 2.45. The number of ether oxygens (including phenoxy) is 1. The minimum Gasteiger partial charge on any atom is -0.497 e. The third-order valence-corrected chi connectivity index (χ3v) is 6.06. The van der Waals surface area contributed by atoms with E-state index in [0.717, 1.165) is 16.5 Å². The lowest BCUT2D eigenvalue weighted by atomic mass is 9.95. The standard InChI is InChI=1S/C24H26N4O4/c1-24(15-28-19-10-5-4-8-17(19)12-20(28)22(30)27(24)2)23(31)26-14-21(29)25-13-16-7-6-9-18(11-16)32-3/h4-12H,13-15H2,1-3H3,(H,25,29)(H,26,31)/t24-/m0/s1. The van der Waals surface area contributed by atoms with Gasteiger partial charge in [0.05, 0.1) is 20.2 Å². The molecule has 0 saturated carbocycles. The molecule has 0 saturated heterocycles. The molecule has 4 rings (SSSR count). The van der Waals surface area contributed by atoms with Crippen molar-refractivity contribution in [2.45, 2.75) is 25.6 Å².